The zero-order valence-electron chi connectivity index (χ0n) is 8.96. The summed E-state index contributed by atoms with van der Waals surface area (Å²) in [5, 5.41) is 0. The smallest absolute Gasteiger partial charge is 0.123 e. The van der Waals surface area contributed by atoms with Gasteiger partial charge in [0.25, 0.3) is 0 Å². The van der Waals surface area contributed by atoms with Crippen LogP contribution in [0, 0.1) is 11.7 Å². The van der Waals surface area contributed by atoms with Crippen molar-refractivity contribution in [3.8, 4) is 5.75 Å². The Labute approximate surface area is 93.4 Å². The van der Waals surface area contributed by atoms with Crippen molar-refractivity contribution in [2.75, 3.05) is 19.8 Å². The Hall–Kier alpha value is -1.16. The van der Waals surface area contributed by atoms with Gasteiger partial charge in [-0.25, -0.2) is 8.78 Å². The highest BCUT2D eigenvalue weighted by Crippen LogP contribution is 2.49. The van der Waals surface area contributed by atoms with Gasteiger partial charge >= 0.3 is 0 Å². The van der Waals surface area contributed by atoms with Gasteiger partial charge in [-0.15, -0.1) is 0 Å². The molecule has 1 aromatic carbocycles. The highest BCUT2D eigenvalue weighted by molar-refractivity contribution is 5.40. The van der Waals surface area contributed by atoms with Crippen LogP contribution in [0.5, 0.6) is 5.75 Å². The first-order valence-electron chi connectivity index (χ1n) is 5.44. The maximum absolute atomic E-state index is 13.1. The highest BCUT2D eigenvalue weighted by atomic mass is 19.1. The molecular formula is C12H15F2NO. The van der Waals surface area contributed by atoms with Crippen LogP contribution in [0.3, 0.4) is 0 Å². The summed E-state index contributed by atoms with van der Waals surface area (Å²) in [7, 11) is 0. The molecule has 0 heterocycles. The number of alkyl halides is 1. The van der Waals surface area contributed by atoms with Crippen molar-refractivity contribution >= 4 is 0 Å². The molecule has 1 aromatic rings. The monoisotopic (exact) mass is 227 g/mol. The second-order valence-electron chi connectivity index (χ2n) is 4.06. The summed E-state index contributed by atoms with van der Waals surface area (Å²) in [6, 6.07) is 4.36. The van der Waals surface area contributed by atoms with E-state index in [1.165, 1.54) is 12.1 Å². The summed E-state index contributed by atoms with van der Waals surface area (Å²) in [5.74, 6) is 0.982. The van der Waals surface area contributed by atoms with Crippen molar-refractivity contribution in [1.29, 1.82) is 0 Å². The molecule has 4 heteroatoms. The van der Waals surface area contributed by atoms with E-state index in [-0.39, 0.29) is 18.3 Å². The van der Waals surface area contributed by atoms with Crippen LogP contribution in [-0.2, 0) is 0 Å². The molecule has 0 bridgehead atoms. The molecule has 2 nitrogen and oxygen atoms in total. The van der Waals surface area contributed by atoms with Crippen LogP contribution in [0.1, 0.15) is 17.9 Å². The van der Waals surface area contributed by atoms with Gasteiger partial charge < -0.3 is 10.5 Å². The molecule has 0 radical (unpaired) electrons. The van der Waals surface area contributed by atoms with Gasteiger partial charge in [0.05, 0.1) is 0 Å². The average Bonchev–Trinajstić information content (AvgIpc) is 3.06. The molecule has 0 saturated heterocycles. The molecule has 0 amide bonds. The number of benzene rings is 1. The lowest BCUT2D eigenvalue weighted by atomic mass is 10.1. The zero-order valence-corrected chi connectivity index (χ0v) is 8.96. The maximum Gasteiger partial charge on any atom is 0.123 e. The van der Waals surface area contributed by atoms with Crippen LogP contribution in [0.25, 0.3) is 0 Å². The number of hydrogen-bond acceptors (Lipinski definition) is 2. The lowest BCUT2D eigenvalue weighted by Gasteiger charge is -2.10. The highest BCUT2D eigenvalue weighted by Gasteiger charge is 2.39. The molecular weight excluding hydrogens is 212 g/mol. The Balaban J connectivity index is 2.16. The van der Waals surface area contributed by atoms with Crippen molar-refractivity contribution in [1.82, 2.24) is 0 Å². The Morgan fingerprint density at radius 3 is 2.88 bits per heavy atom. The molecule has 0 aliphatic heterocycles. The Morgan fingerprint density at radius 2 is 2.25 bits per heavy atom. The van der Waals surface area contributed by atoms with Crippen LogP contribution in [-0.4, -0.2) is 19.8 Å². The molecule has 1 saturated carbocycles. The molecule has 1 fully saturated rings. The minimum atomic E-state index is -0.540. The molecule has 1 aliphatic carbocycles. The second-order valence-corrected chi connectivity index (χ2v) is 4.06. The van der Waals surface area contributed by atoms with Gasteiger partial charge in [0.1, 0.15) is 24.8 Å². The quantitative estimate of drug-likeness (QED) is 0.837. The Kier molecular flexibility index (Phi) is 3.39. The van der Waals surface area contributed by atoms with Gasteiger partial charge in [0, 0.05) is 5.56 Å². The fraction of sp³-hybridized carbons (Fsp3) is 0.500. The summed E-state index contributed by atoms with van der Waals surface area (Å²) in [5.41, 5.74) is 6.38. The molecule has 88 valence electrons. The molecule has 1 aliphatic rings. The molecule has 2 atom stereocenters. The van der Waals surface area contributed by atoms with Gasteiger partial charge in [0.2, 0.25) is 0 Å². The number of ether oxygens (including phenoxy) is 1. The van der Waals surface area contributed by atoms with E-state index in [1.54, 1.807) is 6.07 Å². The first-order chi connectivity index (χ1) is 7.76. The van der Waals surface area contributed by atoms with Crippen LogP contribution in [0.4, 0.5) is 8.78 Å². The summed E-state index contributed by atoms with van der Waals surface area (Å²) < 4.78 is 30.4. The van der Waals surface area contributed by atoms with Crippen molar-refractivity contribution in [3.63, 3.8) is 0 Å². The standard InChI is InChI=1S/C12H15F2NO/c13-3-4-16-12-2-1-9(14)6-11(12)10-5-8(10)7-15/h1-2,6,8,10H,3-5,7,15H2/t8-,10+/m1/s1. The summed E-state index contributed by atoms with van der Waals surface area (Å²) in [6.07, 6.45) is 0.964. The van der Waals surface area contributed by atoms with E-state index < -0.39 is 6.67 Å². The van der Waals surface area contributed by atoms with Gasteiger partial charge in [-0.1, -0.05) is 0 Å². The van der Waals surface area contributed by atoms with Crippen molar-refractivity contribution in [2.45, 2.75) is 12.3 Å². The van der Waals surface area contributed by atoms with Crippen LogP contribution in [0.2, 0.25) is 0 Å². The number of nitrogens with two attached hydrogens (primary N) is 1. The van der Waals surface area contributed by atoms with Crippen molar-refractivity contribution in [3.05, 3.63) is 29.6 Å². The lowest BCUT2D eigenvalue weighted by Crippen LogP contribution is -2.04. The maximum atomic E-state index is 13.1. The third-order valence-electron chi connectivity index (χ3n) is 2.93. The minimum absolute atomic E-state index is 0.0125. The van der Waals surface area contributed by atoms with Crippen LogP contribution < -0.4 is 10.5 Å². The normalized spacial score (nSPS) is 23.2. The molecule has 2 N–H and O–H groups in total. The summed E-state index contributed by atoms with van der Waals surface area (Å²) in [4.78, 5) is 0. The molecule has 0 unspecified atom stereocenters. The number of halogens is 2. The number of hydrogen-bond donors (Lipinski definition) is 1. The Bertz CT molecular complexity index is 370. The molecule has 0 aromatic heterocycles. The molecule has 2 rings (SSSR count). The van der Waals surface area contributed by atoms with Gasteiger partial charge in [-0.2, -0.15) is 0 Å². The predicted octanol–water partition coefficient (Wildman–Crippen LogP) is 2.24. The van der Waals surface area contributed by atoms with E-state index >= 15 is 0 Å². The summed E-state index contributed by atoms with van der Waals surface area (Å²) >= 11 is 0. The topological polar surface area (TPSA) is 35.2 Å². The Morgan fingerprint density at radius 1 is 1.44 bits per heavy atom. The molecule has 0 spiro atoms. The van der Waals surface area contributed by atoms with Crippen molar-refractivity contribution < 1.29 is 13.5 Å². The first-order valence-corrected chi connectivity index (χ1v) is 5.44. The van der Waals surface area contributed by atoms with Gasteiger partial charge in [0.15, 0.2) is 0 Å². The van der Waals surface area contributed by atoms with E-state index in [0.29, 0.717) is 18.2 Å². The van der Waals surface area contributed by atoms with E-state index in [9.17, 15) is 8.78 Å². The summed E-state index contributed by atoms with van der Waals surface area (Å²) in [6.45, 7) is 0.0736. The predicted molar refractivity (Wildman–Crippen MR) is 57.8 cm³/mol. The third kappa shape index (κ3) is 2.32. The largest absolute Gasteiger partial charge is 0.491 e. The number of rotatable bonds is 5. The van der Waals surface area contributed by atoms with E-state index in [2.05, 4.69) is 0 Å². The first kappa shape index (κ1) is 11.3. The fourth-order valence-electron chi connectivity index (χ4n) is 1.98. The van der Waals surface area contributed by atoms with Gasteiger partial charge in [-0.05, 0) is 43.0 Å². The minimum Gasteiger partial charge on any atom is -0.491 e. The van der Waals surface area contributed by atoms with Gasteiger partial charge in [-0.3, -0.25) is 0 Å². The van der Waals surface area contributed by atoms with E-state index in [1.807, 2.05) is 0 Å². The fourth-order valence-corrected chi connectivity index (χ4v) is 1.98. The molecule has 16 heavy (non-hydrogen) atoms. The van der Waals surface area contributed by atoms with Crippen LogP contribution in [0.15, 0.2) is 18.2 Å². The van der Waals surface area contributed by atoms with Crippen molar-refractivity contribution in [2.24, 2.45) is 11.7 Å². The van der Waals surface area contributed by atoms with E-state index in [4.69, 9.17) is 10.5 Å². The third-order valence-corrected chi connectivity index (χ3v) is 2.93. The van der Waals surface area contributed by atoms with E-state index in [0.717, 1.165) is 12.0 Å². The van der Waals surface area contributed by atoms with Crippen LogP contribution >= 0.6 is 0 Å². The zero-order chi connectivity index (χ0) is 11.5. The second kappa shape index (κ2) is 4.78. The average molecular weight is 227 g/mol. The lowest BCUT2D eigenvalue weighted by molar-refractivity contribution is 0.270. The SMILES string of the molecule is NC[C@H]1C[C@@H]1c1cc(F)ccc1OCCF.